The summed E-state index contributed by atoms with van der Waals surface area (Å²) in [5, 5.41) is 2.94. The molecule has 6 heteroatoms. The van der Waals surface area contributed by atoms with Crippen LogP contribution >= 0.6 is 27.7 Å². The summed E-state index contributed by atoms with van der Waals surface area (Å²) < 4.78 is 11.8. The van der Waals surface area contributed by atoms with Crippen LogP contribution in [0.1, 0.15) is 29.3 Å². The van der Waals surface area contributed by atoms with E-state index in [1.807, 2.05) is 6.92 Å². The Kier molecular flexibility index (Phi) is 8.32. The van der Waals surface area contributed by atoms with Crippen LogP contribution in [0.5, 0.6) is 11.5 Å². The third kappa shape index (κ3) is 5.95. The van der Waals surface area contributed by atoms with E-state index in [2.05, 4.69) is 52.4 Å². The van der Waals surface area contributed by atoms with E-state index in [0.29, 0.717) is 34.7 Å². The van der Waals surface area contributed by atoms with Gasteiger partial charge in [0.2, 0.25) is 0 Å². The summed E-state index contributed by atoms with van der Waals surface area (Å²) in [6, 6.07) is 11.8. The zero-order chi connectivity index (χ0) is 18.9. The minimum Gasteiger partial charge on any atom is -0.493 e. The van der Waals surface area contributed by atoms with Crippen molar-refractivity contribution in [3.63, 3.8) is 0 Å². The van der Waals surface area contributed by atoms with Crippen molar-refractivity contribution < 1.29 is 14.3 Å². The molecule has 0 fully saturated rings. The number of thioether (sulfide) groups is 1. The summed E-state index contributed by atoms with van der Waals surface area (Å²) in [6.07, 6.45) is 0.899. The summed E-state index contributed by atoms with van der Waals surface area (Å²) in [6.45, 7) is 5.29. The Morgan fingerprint density at radius 3 is 2.62 bits per heavy atom. The Bertz CT molecular complexity index is 735. The van der Waals surface area contributed by atoms with E-state index in [0.717, 1.165) is 12.2 Å². The number of carbonyl (C=O) groups is 1. The van der Waals surface area contributed by atoms with Crippen LogP contribution in [-0.2, 0) is 0 Å². The van der Waals surface area contributed by atoms with Gasteiger partial charge in [0, 0.05) is 22.8 Å². The van der Waals surface area contributed by atoms with Gasteiger partial charge in [0.05, 0.1) is 18.2 Å². The third-order valence-electron chi connectivity index (χ3n) is 3.62. The zero-order valence-corrected chi connectivity index (χ0v) is 17.7. The van der Waals surface area contributed by atoms with E-state index in [-0.39, 0.29) is 5.91 Å². The molecule has 140 valence electrons. The van der Waals surface area contributed by atoms with Crippen LogP contribution < -0.4 is 14.8 Å². The highest BCUT2D eigenvalue weighted by Gasteiger charge is 2.15. The maximum Gasteiger partial charge on any atom is 0.251 e. The van der Waals surface area contributed by atoms with Crippen LogP contribution in [-0.4, -0.2) is 31.9 Å². The summed E-state index contributed by atoms with van der Waals surface area (Å²) in [5.41, 5.74) is 1.78. The predicted molar refractivity (Wildman–Crippen MR) is 111 cm³/mol. The van der Waals surface area contributed by atoms with Crippen molar-refractivity contribution in [3.8, 4) is 11.5 Å². The van der Waals surface area contributed by atoms with Crippen LogP contribution in [0.2, 0.25) is 0 Å². The molecule has 0 spiro atoms. The first-order chi connectivity index (χ1) is 12.5. The van der Waals surface area contributed by atoms with E-state index >= 15 is 0 Å². The Balaban J connectivity index is 1.92. The largest absolute Gasteiger partial charge is 0.493 e. The number of hydrogen-bond donors (Lipinski definition) is 1. The number of benzene rings is 2. The second-order valence-corrected chi connectivity index (χ2v) is 7.78. The molecule has 1 N–H and O–H groups in total. The lowest BCUT2D eigenvalue weighted by Gasteiger charge is -2.14. The number of aryl methyl sites for hydroxylation is 1. The number of ether oxygens (including phenoxy) is 2. The molecule has 26 heavy (non-hydrogen) atoms. The van der Waals surface area contributed by atoms with Crippen LogP contribution in [0.4, 0.5) is 0 Å². The van der Waals surface area contributed by atoms with Crippen LogP contribution in [0.25, 0.3) is 0 Å². The summed E-state index contributed by atoms with van der Waals surface area (Å²) in [7, 11) is 1.57. The highest BCUT2D eigenvalue weighted by molar-refractivity contribution is 9.10. The second kappa shape index (κ2) is 10.5. The van der Waals surface area contributed by atoms with Gasteiger partial charge in [0.15, 0.2) is 11.5 Å². The van der Waals surface area contributed by atoms with Crippen molar-refractivity contribution in [2.45, 2.75) is 25.2 Å². The van der Waals surface area contributed by atoms with E-state index in [1.54, 1.807) is 31.0 Å². The van der Waals surface area contributed by atoms with Gasteiger partial charge in [-0.1, -0.05) is 24.6 Å². The average Bonchev–Trinajstić information content (AvgIpc) is 2.64. The number of halogens is 1. The van der Waals surface area contributed by atoms with Gasteiger partial charge in [-0.25, -0.2) is 0 Å². The molecule has 4 nitrogen and oxygen atoms in total. The molecule has 1 amide bonds. The van der Waals surface area contributed by atoms with Crippen LogP contribution in [0.15, 0.2) is 45.8 Å². The molecule has 2 rings (SSSR count). The number of amides is 1. The fourth-order valence-corrected chi connectivity index (χ4v) is 3.59. The maximum atomic E-state index is 12.4. The van der Waals surface area contributed by atoms with Gasteiger partial charge in [-0.15, -0.1) is 11.8 Å². The Hall–Kier alpha value is -1.66. The van der Waals surface area contributed by atoms with Crippen molar-refractivity contribution in [3.05, 3.63) is 52.0 Å². The monoisotopic (exact) mass is 437 g/mol. The summed E-state index contributed by atoms with van der Waals surface area (Å²) >= 11 is 5.19. The zero-order valence-electron chi connectivity index (χ0n) is 15.3. The van der Waals surface area contributed by atoms with Crippen molar-refractivity contribution in [1.29, 1.82) is 0 Å². The van der Waals surface area contributed by atoms with Gasteiger partial charge in [-0.05, 0) is 53.5 Å². The van der Waals surface area contributed by atoms with E-state index in [9.17, 15) is 4.79 Å². The maximum absolute atomic E-state index is 12.4. The molecule has 2 aromatic carbocycles. The van der Waals surface area contributed by atoms with Crippen molar-refractivity contribution in [2.75, 3.05) is 26.0 Å². The van der Waals surface area contributed by atoms with Gasteiger partial charge in [-0.3, -0.25) is 4.79 Å². The molecule has 0 radical (unpaired) electrons. The predicted octanol–water partition coefficient (Wildman–Crippen LogP) is 5.08. The molecule has 0 bridgehead atoms. The first-order valence-electron chi connectivity index (χ1n) is 8.53. The van der Waals surface area contributed by atoms with Gasteiger partial charge in [-0.2, -0.15) is 0 Å². The molecule has 0 saturated heterocycles. The molecule has 0 aliphatic carbocycles. The topological polar surface area (TPSA) is 47.6 Å². The molecular formula is C20H24BrNO3S. The lowest BCUT2D eigenvalue weighted by atomic mass is 10.2. The minimum absolute atomic E-state index is 0.129. The highest BCUT2D eigenvalue weighted by atomic mass is 79.9. The molecule has 0 aliphatic heterocycles. The van der Waals surface area contributed by atoms with Gasteiger partial charge < -0.3 is 14.8 Å². The van der Waals surface area contributed by atoms with Crippen LogP contribution in [0.3, 0.4) is 0 Å². The van der Waals surface area contributed by atoms with E-state index in [1.165, 1.54) is 10.5 Å². The first-order valence-corrected chi connectivity index (χ1v) is 10.3. The quantitative estimate of drug-likeness (QED) is 0.438. The number of rotatable bonds is 9. The number of methoxy groups -OCH3 is 1. The molecule has 0 aromatic heterocycles. The molecule has 0 atom stereocenters. The normalized spacial score (nSPS) is 10.5. The van der Waals surface area contributed by atoms with E-state index < -0.39 is 0 Å². The third-order valence-corrected chi connectivity index (χ3v) is 5.22. The second-order valence-electron chi connectivity index (χ2n) is 5.76. The Morgan fingerprint density at radius 1 is 1.23 bits per heavy atom. The molecule has 0 aliphatic rings. The van der Waals surface area contributed by atoms with Crippen LogP contribution in [0, 0.1) is 6.92 Å². The molecule has 0 unspecified atom stereocenters. The Morgan fingerprint density at radius 2 is 1.96 bits per heavy atom. The van der Waals surface area contributed by atoms with Crippen molar-refractivity contribution in [2.24, 2.45) is 0 Å². The molecule has 0 heterocycles. The number of nitrogens with one attached hydrogen (secondary N) is 1. The fraction of sp³-hybridized carbons (Fsp3) is 0.350. The molecule has 0 saturated carbocycles. The summed E-state index contributed by atoms with van der Waals surface area (Å²) in [5.74, 6) is 1.86. The minimum atomic E-state index is -0.129. The lowest BCUT2D eigenvalue weighted by molar-refractivity contribution is 0.0955. The number of hydrogen-bond acceptors (Lipinski definition) is 4. The standard InChI is InChI=1S/C20H24BrNO3S/c1-4-10-25-19-17(21)12-15(13-18(19)24-3)20(23)22-9-11-26-16-7-5-14(2)6-8-16/h5-8,12-13H,4,9-11H2,1-3H3,(H,22,23). The smallest absolute Gasteiger partial charge is 0.251 e. The highest BCUT2D eigenvalue weighted by Crippen LogP contribution is 2.36. The number of carbonyl (C=O) groups excluding carboxylic acids is 1. The molecule has 2 aromatic rings. The molecular weight excluding hydrogens is 414 g/mol. The SMILES string of the molecule is CCCOc1c(Br)cc(C(=O)NCCSc2ccc(C)cc2)cc1OC. The van der Waals surface area contributed by atoms with Gasteiger partial charge in [0.1, 0.15) is 0 Å². The van der Waals surface area contributed by atoms with Gasteiger partial charge in [0.25, 0.3) is 5.91 Å². The lowest BCUT2D eigenvalue weighted by Crippen LogP contribution is -2.25. The van der Waals surface area contributed by atoms with Crippen molar-refractivity contribution >= 4 is 33.6 Å². The first kappa shape index (κ1) is 20.6. The summed E-state index contributed by atoms with van der Waals surface area (Å²) in [4.78, 5) is 13.6. The van der Waals surface area contributed by atoms with Crippen molar-refractivity contribution in [1.82, 2.24) is 5.32 Å². The van der Waals surface area contributed by atoms with E-state index in [4.69, 9.17) is 9.47 Å². The Labute approximate surface area is 167 Å². The average molecular weight is 438 g/mol. The van der Waals surface area contributed by atoms with Gasteiger partial charge >= 0.3 is 0 Å². The fourth-order valence-electron chi connectivity index (χ4n) is 2.27.